The molecule has 160 valence electrons. The van der Waals surface area contributed by atoms with Gasteiger partial charge in [0.1, 0.15) is 29.6 Å². The summed E-state index contributed by atoms with van der Waals surface area (Å²) in [7, 11) is 2.99. The lowest BCUT2D eigenvalue weighted by Crippen LogP contribution is -1.99. The lowest BCUT2D eigenvalue weighted by atomic mass is 10.1. The molecule has 3 aromatic rings. The molecule has 2 aromatic carbocycles. The van der Waals surface area contributed by atoms with Gasteiger partial charge >= 0.3 is 5.69 Å². The molecule has 1 aromatic heterocycles. The quantitative estimate of drug-likeness (QED) is 0.190. The van der Waals surface area contributed by atoms with E-state index in [1.54, 1.807) is 30.3 Å². The summed E-state index contributed by atoms with van der Waals surface area (Å²) in [6.07, 6.45) is 2.86. The van der Waals surface area contributed by atoms with Crippen molar-refractivity contribution in [3.05, 3.63) is 86.8 Å². The van der Waals surface area contributed by atoms with Gasteiger partial charge in [-0.1, -0.05) is 11.6 Å². The molecular formula is C22H18ClNO7. The first-order chi connectivity index (χ1) is 14.9. The van der Waals surface area contributed by atoms with Gasteiger partial charge < -0.3 is 18.6 Å². The van der Waals surface area contributed by atoms with Crippen LogP contribution >= 0.6 is 11.6 Å². The number of hydrogen-bond donors (Lipinski definition) is 0. The summed E-state index contributed by atoms with van der Waals surface area (Å²) in [5.41, 5.74) is 0.111. The number of carbonyl (C=O) groups is 1. The molecule has 0 bridgehead atoms. The van der Waals surface area contributed by atoms with Gasteiger partial charge in [-0.15, -0.1) is 0 Å². The lowest BCUT2D eigenvalue weighted by molar-refractivity contribution is -0.385. The van der Waals surface area contributed by atoms with Gasteiger partial charge in [0.2, 0.25) is 0 Å². The fourth-order valence-corrected chi connectivity index (χ4v) is 2.89. The Hall–Kier alpha value is -3.78. The van der Waals surface area contributed by atoms with Crippen molar-refractivity contribution in [1.29, 1.82) is 0 Å². The number of carbonyl (C=O) groups excluding carboxylic acids is 1. The predicted molar refractivity (Wildman–Crippen MR) is 114 cm³/mol. The summed E-state index contributed by atoms with van der Waals surface area (Å²) in [6, 6.07) is 12.4. The summed E-state index contributed by atoms with van der Waals surface area (Å²) >= 11 is 5.79. The predicted octanol–water partition coefficient (Wildman–Crippen LogP) is 5.33. The molecule has 0 spiro atoms. The van der Waals surface area contributed by atoms with Crippen molar-refractivity contribution >= 4 is 29.1 Å². The van der Waals surface area contributed by atoms with Gasteiger partial charge in [-0.2, -0.15) is 0 Å². The SMILES string of the molecule is COc1ccc(OC)c(C(=O)/C=C/c2ccc(COc3ccc(Cl)cc3[N+](=O)[O-])o2)c1. The number of nitro benzene ring substituents is 1. The third kappa shape index (κ3) is 5.43. The fourth-order valence-electron chi connectivity index (χ4n) is 2.72. The Morgan fingerprint density at radius 1 is 1.10 bits per heavy atom. The highest BCUT2D eigenvalue weighted by Gasteiger charge is 2.16. The van der Waals surface area contributed by atoms with Crippen molar-refractivity contribution in [3.63, 3.8) is 0 Å². The van der Waals surface area contributed by atoms with E-state index >= 15 is 0 Å². The maximum absolute atomic E-state index is 12.5. The first kappa shape index (κ1) is 21.9. The molecule has 3 rings (SSSR count). The summed E-state index contributed by atoms with van der Waals surface area (Å²) < 4.78 is 21.5. The molecule has 0 N–H and O–H groups in total. The zero-order chi connectivity index (χ0) is 22.4. The van der Waals surface area contributed by atoms with Gasteiger partial charge in [0.05, 0.1) is 24.7 Å². The summed E-state index contributed by atoms with van der Waals surface area (Å²) in [6.45, 7) is -0.0338. The van der Waals surface area contributed by atoms with Crippen molar-refractivity contribution < 1.29 is 28.3 Å². The average Bonchev–Trinajstić information content (AvgIpc) is 3.23. The lowest BCUT2D eigenvalue weighted by Gasteiger charge is -2.07. The molecule has 9 heteroatoms. The highest BCUT2D eigenvalue weighted by Crippen LogP contribution is 2.30. The maximum Gasteiger partial charge on any atom is 0.312 e. The molecule has 0 aliphatic heterocycles. The number of benzene rings is 2. The van der Waals surface area contributed by atoms with Gasteiger partial charge in [-0.25, -0.2) is 0 Å². The normalized spacial score (nSPS) is 10.8. The van der Waals surface area contributed by atoms with Crippen molar-refractivity contribution in [3.8, 4) is 17.2 Å². The molecule has 0 saturated carbocycles. The van der Waals surface area contributed by atoms with Crippen LogP contribution in [0.2, 0.25) is 5.02 Å². The molecule has 8 nitrogen and oxygen atoms in total. The first-order valence-corrected chi connectivity index (χ1v) is 9.39. The largest absolute Gasteiger partial charge is 0.497 e. The van der Waals surface area contributed by atoms with E-state index in [1.807, 2.05) is 0 Å². The summed E-state index contributed by atoms with van der Waals surface area (Å²) in [5, 5.41) is 11.4. The number of methoxy groups -OCH3 is 2. The van der Waals surface area contributed by atoms with Crippen LogP contribution in [0.25, 0.3) is 6.08 Å². The van der Waals surface area contributed by atoms with E-state index in [1.165, 1.54) is 44.6 Å². The maximum atomic E-state index is 12.5. The van der Waals surface area contributed by atoms with Crippen molar-refractivity contribution in [2.45, 2.75) is 6.61 Å². The van der Waals surface area contributed by atoms with Crippen LogP contribution in [0.1, 0.15) is 21.9 Å². The van der Waals surface area contributed by atoms with Gasteiger partial charge in [0.15, 0.2) is 11.5 Å². The Labute approximate surface area is 182 Å². The van der Waals surface area contributed by atoms with Crippen LogP contribution in [0, 0.1) is 10.1 Å². The van der Waals surface area contributed by atoms with Crippen molar-refractivity contribution in [2.24, 2.45) is 0 Å². The van der Waals surface area contributed by atoms with E-state index in [-0.39, 0.29) is 28.8 Å². The fraction of sp³-hybridized carbons (Fsp3) is 0.136. The number of hydrogen-bond acceptors (Lipinski definition) is 7. The minimum absolute atomic E-state index is 0.0338. The number of ether oxygens (including phenoxy) is 3. The van der Waals surface area contributed by atoms with E-state index < -0.39 is 4.92 Å². The number of nitro groups is 1. The van der Waals surface area contributed by atoms with Crippen LogP contribution in [-0.4, -0.2) is 24.9 Å². The zero-order valence-electron chi connectivity index (χ0n) is 16.7. The number of halogens is 1. The Morgan fingerprint density at radius 2 is 1.87 bits per heavy atom. The summed E-state index contributed by atoms with van der Waals surface area (Å²) in [4.78, 5) is 23.1. The van der Waals surface area contributed by atoms with Crippen LogP contribution in [0.15, 0.2) is 59.0 Å². The Kier molecular flexibility index (Phi) is 6.94. The molecule has 0 atom stereocenters. The number of nitrogens with zero attached hydrogens (tertiary/aromatic N) is 1. The number of furan rings is 1. The molecule has 0 aliphatic carbocycles. The highest BCUT2D eigenvalue weighted by atomic mass is 35.5. The van der Waals surface area contributed by atoms with Crippen molar-refractivity contribution in [1.82, 2.24) is 0 Å². The molecule has 1 heterocycles. The van der Waals surface area contributed by atoms with E-state index in [9.17, 15) is 14.9 Å². The van der Waals surface area contributed by atoms with Gasteiger partial charge in [-0.3, -0.25) is 14.9 Å². The van der Waals surface area contributed by atoms with E-state index in [0.717, 1.165) is 0 Å². The Morgan fingerprint density at radius 3 is 2.58 bits per heavy atom. The second kappa shape index (κ2) is 9.82. The van der Waals surface area contributed by atoms with Crippen LogP contribution in [-0.2, 0) is 6.61 Å². The van der Waals surface area contributed by atoms with E-state index in [4.69, 9.17) is 30.2 Å². The number of rotatable bonds is 9. The molecule has 0 saturated heterocycles. The van der Waals surface area contributed by atoms with E-state index in [0.29, 0.717) is 28.6 Å². The van der Waals surface area contributed by atoms with Gasteiger partial charge in [0, 0.05) is 11.1 Å². The molecule has 0 radical (unpaired) electrons. The van der Waals surface area contributed by atoms with E-state index in [2.05, 4.69) is 0 Å². The molecule has 31 heavy (non-hydrogen) atoms. The topological polar surface area (TPSA) is 101 Å². The van der Waals surface area contributed by atoms with Crippen LogP contribution in [0.5, 0.6) is 17.2 Å². The second-order valence-electron chi connectivity index (χ2n) is 6.23. The Bertz CT molecular complexity index is 1140. The van der Waals surface area contributed by atoms with Crippen LogP contribution < -0.4 is 14.2 Å². The number of ketones is 1. The van der Waals surface area contributed by atoms with Crippen LogP contribution in [0.3, 0.4) is 0 Å². The molecule has 0 amide bonds. The van der Waals surface area contributed by atoms with Crippen LogP contribution in [0.4, 0.5) is 5.69 Å². The molecular weight excluding hydrogens is 426 g/mol. The summed E-state index contributed by atoms with van der Waals surface area (Å²) in [5.74, 6) is 1.58. The minimum atomic E-state index is -0.573. The first-order valence-electron chi connectivity index (χ1n) is 9.01. The molecule has 0 unspecified atom stereocenters. The highest BCUT2D eigenvalue weighted by molar-refractivity contribution is 6.30. The third-order valence-corrected chi connectivity index (χ3v) is 4.48. The average molecular weight is 444 g/mol. The molecule has 0 aliphatic rings. The monoisotopic (exact) mass is 443 g/mol. The van der Waals surface area contributed by atoms with Gasteiger partial charge in [0.25, 0.3) is 0 Å². The van der Waals surface area contributed by atoms with Gasteiger partial charge in [-0.05, 0) is 54.6 Å². The third-order valence-electron chi connectivity index (χ3n) is 4.24. The zero-order valence-corrected chi connectivity index (χ0v) is 17.4. The standard InChI is InChI=1S/C22H18ClNO7/c1-28-16-7-10-21(29-2)18(12-16)20(25)8-6-15-4-5-17(31-15)13-30-22-9-3-14(23)11-19(22)24(26)27/h3-12H,13H2,1-2H3/b8-6+. The second-order valence-corrected chi connectivity index (χ2v) is 6.66. The molecule has 0 fully saturated rings. The number of allylic oxidation sites excluding steroid dienone is 1. The minimum Gasteiger partial charge on any atom is -0.497 e. The Balaban J connectivity index is 1.69. The van der Waals surface area contributed by atoms with Crippen molar-refractivity contribution in [2.75, 3.05) is 14.2 Å². The smallest absolute Gasteiger partial charge is 0.312 e.